The number of hydrogen-bond acceptors (Lipinski definition) is 5. The highest BCUT2D eigenvalue weighted by Gasteiger charge is 2.05. The number of aromatic nitrogens is 2. The number of aryl methyl sites for hydroxylation is 1. The molecule has 16 heavy (non-hydrogen) atoms. The van der Waals surface area contributed by atoms with Gasteiger partial charge in [-0.1, -0.05) is 6.92 Å². The molecular formula is C11H17N3O2. The Hall–Kier alpha value is -1.65. The second-order valence-electron chi connectivity index (χ2n) is 3.46. The molecule has 1 heterocycles. The van der Waals surface area contributed by atoms with Gasteiger partial charge in [0.15, 0.2) is 0 Å². The number of nitrogens with two attached hydrogens (primary N) is 1. The number of anilines is 1. The molecule has 1 rings (SSSR count). The SMILES string of the molecule is CCCOC(=O)CCCc1nccnc1N. The molecule has 0 fully saturated rings. The van der Waals surface area contributed by atoms with Crippen LogP contribution in [0.3, 0.4) is 0 Å². The molecule has 0 unspecified atom stereocenters. The summed E-state index contributed by atoms with van der Waals surface area (Å²) in [5.74, 6) is 0.272. The summed E-state index contributed by atoms with van der Waals surface area (Å²) in [7, 11) is 0. The fourth-order valence-corrected chi connectivity index (χ4v) is 1.26. The number of nitrogen functional groups attached to an aromatic ring is 1. The van der Waals surface area contributed by atoms with E-state index in [1.165, 1.54) is 0 Å². The van der Waals surface area contributed by atoms with Crippen molar-refractivity contribution in [2.75, 3.05) is 12.3 Å². The average Bonchev–Trinajstić information content (AvgIpc) is 2.29. The van der Waals surface area contributed by atoms with Crippen molar-refractivity contribution in [2.45, 2.75) is 32.6 Å². The highest BCUT2D eigenvalue weighted by molar-refractivity contribution is 5.69. The van der Waals surface area contributed by atoms with Crippen LogP contribution < -0.4 is 5.73 Å². The molecule has 5 heteroatoms. The maximum absolute atomic E-state index is 11.2. The van der Waals surface area contributed by atoms with Gasteiger partial charge in [0.2, 0.25) is 0 Å². The predicted molar refractivity (Wildman–Crippen MR) is 60.6 cm³/mol. The van der Waals surface area contributed by atoms with E-state index >= 15 is 0 Å². The molecular weight excluding hydrogens is 206 g/mol. The van der Waals surface area contributed by atoms with Crippen LogP contribution >= 0.6 is 0 Å². The van der Waals surface area contributed by atoms with E-state index in [4.69, 9.17) is 10.5 Å². The first-order chi connectivity index (χ1) is 7.74. The minimum Gasteiger partial charge on any atom is -0.466 e. The Morgan fingerprint density at radius 2 is 2.19 bits per heavy atom. The zero-order valence-corrected chi connectivity index (χ0v) is 9.48. The Balaban J connectivity index is 2.25. The van der Waals surface area contributed by atoms with Gasteiger partial charge in [0, 0.05) is 18.8 Å². The molecule has 0 spiro atoms. The van der Waals surface area contributed by atoms with Crippen LogP contribution in [0.15, 0.2) is 12.4 Å². The molecule has 0 aliphatic rings. The zero-order chi connectivity index (χ0) is 11.8. The largest absolute Gasteiger partial charge is 0.466 e. The van der Waals surface area contributed by atoms with Crippen LogP contribution in [0.2, 0.25) is 0 Å². The molecule has 0 saturated heterocycles. The van der Waals surface area contributed by atoms with Gasteiger partial charge in [-0.05, 0) is 19.3 Å². The van der Waals surface area contributed by atoms with E-state index in [0.717, 1.165) is 12.1 Å². The fraction of sp³-hybridized carbons (Fsp3) is 0.545. The smallest absolute Gasteiger partial charge is 0.305 e. The van der Waals surface area contributed by atoms with Gasteiger partial charge in [0.25, 0.3) is 0 Å². The zero-order valence-electron chi connectivity index (χ0n) is 9.48. The van der Waals surface area contributed by atoms with Gasteiger partial charge in [-0.2, -0.15) is 0 Å². The molecule has 0 aliphatic carbocycles. The van der Waals surface area contributed by atoms with Gasteiger partial charge in [-0.3, -0.25) is 9.78 Å². The number of hydrogen-bond donors (Lipinski definition) is 1. The Bertz CT molecular complexity index is 342. The van der Waals surface area contributed by atoms with Gasteiger partial charge >= 0.3 is 5.97 Å². The van der Waals surface area contributed by atoms with Crippen molar-refractivity contribution < 1.29 is 9.53 Å². The van der Waals surface area contributed by atoms with Crippen LogP contribution in [0.4, 0.5) is 5.82 Å². The summed E-state index contributed by atoms with van der Waals surface area (Å²) in [5, 5.41) is 0. The summed E-state index contributed by atoms with van der Waals surface area (Å²) in [6.45, 7) is 2.46. The molecule has 0 aromatic carbocycles. The quantitative estimate of drug-likeness (QED) is 0.736. The Labute approximate surface area is 95.0 Å². The van der Waals surface area contributed by atoms with Gasteiger partial charge in [-0.25, -0.2) is 4.98 Å². The number of carbonyl (C=O) groups excluding carboxylic acids is 1. The van der Waals surface area contributed by atoms with Crippen LogP contribution in [-0.4, -0.2) is 22.5 Å². The third-order valence-corrected chi connectivity index (χ3v) is 2.07. The van der Waals surface area contributed by atoms with Gasteiger partial charge < -0.3 is 10.5 Å². The predicted octanol–water partition coefficient (Wildman–Crippen LogP) is 1.33. The molecule has 1 aromatic rings. The summed E-state index contributed by atoms with van der Waals surface area (Å²) in [5.41, 5.74) is 6.37. The monoisotopic (exact) mass is 223 g/mol. The summed E-state index contributed by atoms with van der Waals surface area (Å²) in [4.78, 5) is 19.2. The lowest BCUT2D eigenvalue weighted by molar-refractivity contribution is -0.143. The van der Waals surface area contributed by atoms with E-state index in [9.17, 15) is 4.79 Å². The lowest BCUT2D eigenvalue weighted by atomic mass is 10.2. The van der Waals surface area contributed by atoms with Crippen LogP contribution in [0, 0.1) is 0 Å². The van der Waals surface area contributed by atoms with E-state index in [1.54, 1.807) is 12.4 Å². The van der Waals surface area contributed by atoms with E-state index < -0.39 is 0 Å². The third-order valence-electron chi connectivity index (χ3n) is 2.07. The van der Waals surface area contributed by atoms with E-state index in [-0.39, 0.29) is 5.97 Å². The van der Waals surface area contributed by atoms with Crippen molar-refractivity contribution in [1.82, 2.24) is 9.97 Å². The second kappa shape index (κ2) is 6.76. The number of rotatable bonds is 6. The Morgan fingerprint density at radius 3 is 2.88 bits per heavy atom. The molecule has 0 amide bonds. The summed E-state index contributed by atoms with van der Waals surface area (Å²) >= 11 is 0. The summed E-state index contributed by atoms with van der Waals surface area (Å²) in [6.07, 6.45) is 5.74. The normalized spacial score (nSPS) is 10.1. The number of ether oxygens (including phenoxy) is 1. The fourth-order valence-electron chi connectivity index (χ4n) is 1.26. The van der Waals surface area contributed by atoms with E-state index in [2.05, 4.69) is 9.97 Å². The van der Waals surface area contributed by atoms with Crippen LogP contribution in [0.5, 0.6) is 0 Å². The second-order valence-corrected chi connectivity index (χ2v) is 3.46. The minimum absolute atomic E-state index is 0.163. The first kappa shape index (κ1) is 12.4. The number of esters is 1. The molecule has 5 nitrogen and oxygen atoms in total. The standard InChI is InChI=1S/C11H17N3O2/c1-2-8-16-10(15)5-3-4-9-11(12)14-7-6-13-9/h6-7H,2-5,8H2,1H3,(H2,12,14). The molecule has 2 N–H and O–H groups in total. The summed E-state index contributed by atoms with van der Waals surface area (Å²) in [6, 6.07) is 0. The Kier molecular flexibility index (Phi) is 5.25. The summed E-state index contributed by atoms with van der Waals surface area (Å²) < 4.78 is 4.95. The molecule has 0 bridgehead atoms. The lowest BCUT2D eigenvalue weighted by Crippen LogP contribution is -2.06. The highest BCUT2D eigenvalue weighted by Crippen LogP contribution is 2.07. The number of nitrogens with zero attached hydrogens (tertiary/aromatic N) is 2. The molecule has 0 atom stereocenters. The van der Waals surface area contributed by atoms with Crippen molar-refractivity contribution in [3.63, 3.8) is 0 Å². The van der Waals surface area contributed by atoms with Crippen molar-refractivity contribution in [3.8, 4) is 0 Å². The average molecular weight is 223 g/mol. The first-order valence-corrected chi connectivity index (χ1v) is 5.45. The maximum Gasteiger partial charge on any atom is 0.305 e. The van der Waals surface area contributed by atoms with Gasteiger partial charge in [-0.15, -0.1) is 0 Å². The van der Waals surface area contributed by atoms with Crippen molar-refractivity contribution in [1.29, 1.82) is 0 Å². The van der Waals surface area contributed by atoms with Crippen molar-refractivity contribution in [3.05, 3.63) is 18.1 Å². The van der Waals surface area contributed by atoms with Crippen LogP contribution in [0.25, 0.3) is 0 Å². The first-order valence-electron chi connectivity index (χ1n) is 5.45. The van der Waals surface area contributed by atoms with Crippen LogP contribution in [-0.2, 0) is 16.0 Å². The number of carbonyl (C=O) groups is 1. The van der Waals surface area contributed by atoms with E-state index in [1.807, 2.05) is 6.92 Å². The molecule has 88 valence electrons. The van der Waals surface area contributed by atoms with E-state index in [0.29, 0.717) is 31.7 Å². The minimum atomic E-state index is -0.163. The molecule has 0 aliphatic heterocycles. The maximum atomic E-state index is 11.2. The van der Waals surface area contributed by atoms with Crippen molar-refractivity contribution in [2.24, 2.45) is 0 Å². The Morgan fingerprint density at radius 1 is 1.44 bits per heavy atom. The van der Waals surface area contributed by atoms with Crippen molar-refractivity contribution >= 4 is 11.8 Å². The molecule has 0 radical (unpaired) electrons. The molecule has 0 saturated carbocycles. The topological polar surface area (TPSA) is 78.1 Å². The van der Waals surface area contributed by atoms with Gasteiger partial charge in [0.05, 0.1) is 12.3 Å². The highest BCUT2D eigenvalue weighted by atomic mass is 16.5. The third kappa shape index (κ3) is 4.25. The van der Waals surface area contributed by atoms with Gasteiger partial charge in [0.1, 0.15) is 5.82 Å². The molecule has 1 aromatic heterocycles. The lowest BCUT2D eigenvalue weighted by Gasteiger charge is -2.04. The van der Waals surface area contributed by atoms with Crippen LogP contribution in [0.1, 0.15) is 31.9 Å².